The lowest BCUT2D eigenvalue weighted by molar-refractivity contribution is -0.120. The molecule has 0 radical (unpaired) electrons. The molecule has 1 fully saturated rings. The molecule has 0 atom stereocenters. The van der Waals surface area contributed by atoms with Gasteiger partial charge < -0.3 is 15.5 Å². The molecule has 184 valence electrons. The highest BCUT2D eigenvalue weighted by Gasteiger charge is 2.30. The number of hydrogen-bond donors (Lipinski definition) is 2. The molecule has 0 spiro atoms. The van der Waals surface area contributed by atoms with Gasteiger partial charge in [0.2, 0.25) is 11.8 Å². The van der Waals surface area contributed by atoms with Gasteiger partial charge in [0.05, 0.1) is 11.4 Å². The summed E-state index contributed by atoms with van der Waals surface area (Å²) in [7, 11) is 0. The number of para-hydroxylation sites is 1. The zero-order chi connectivity index (χ0) is 25.1. The summed E-state index contributed by atoms with van der Waals surface area (Å²) < 4.78 is 28.5. The maximum Gasteiger partial charge on any atom is 0.227 e. The molecule has 2 amide bonds. The molecule has 1 aliphatic heterocycles. The number of nitrogens with zero attached hydrogens (tertiary/aromatic N) is 3. The highest BCUT2D eigenvalue weighted by atomic mass is 19.2. The van der Waals surface area contributed by atoms with E-state index in [1.807, 2.05) is 55.8 Å². The van der Waals surface area contributed by atoms with E-state index in [1.165, 1.54) is 6.07 Å². The molecule has 7 nitrogen and oxygen atoms in total. The van der Waals surface area contributed by atoms with Crippen LogP contribution in [0.3, 0.4) is 0 Å². The number of piperidine rings is 1. The van der Waals surface area contributed by atoms with Crippen molar-refractivity contribution in [2.75, 3.05) is 28.6 Å². The molecule has 2 heterocycles. The predicted octanol–water partition coefficient (Wildman–Crippen LogP) is 4.91. The summed E-state index contributed by atoms with van der Waals surface area (Å²) in [5.41, 5.74) is 2.47. The smallest absolute Gasteiger partial charge is 0.227 e. The number of aryl methyl sites for hydroxylation is 1. The number of halogens is 2. The summed E-state index contributed by atoms with van der Waals surface area (Å²) in [5.74, 6) is -1.96. The van der Waals surface area contributed by atoms with Crippen molar-refractivity contribution in [3.05, 3.63) is 65.9 Å². The first kappa shape index (κ1) is 24.4. The number of carbonyl (C=O) groups is 2. The molecule has 1 saturated heterocycles. The van der Waals surface area contributed by atoms with E-state index in [0.717, 1.165) is 23.6 Å². The van der Waals surface area contributed by atoms with E-state index < -0.39 is 11.6 Å². The Balaban J connectivity index is 1.54. The van der Waals surface area contributed by atoms with Crippen LogP contribution in [0, 0.1) is 30.4 Å². The minimum atomic E-state index is -1.00. The van der Waals surface area contributed by atoms with Crippen LogP contribution in [-0.4, -0.2) is 34.7 Å². The number of benzene rings is 2. The van der Waals surface area contributed by atoms with E-state index in [1.54, 1.807) is 0 Å². The van der Waals surface area contributed by atoms with Gasteiger partial charge in [0.15, 0.2) is 17.5 Å². The molecule has 0 saturated carbocycles. The van der Waals surface area contributed by atoms with Crippen molar-refractivity contribution in [3.63, 3.8) is 0 Å². The number of nitrogens with one attached hydrogen (secondary N) is 2. The van der Waals surface area contributed by atoms with Crippen LogP contribution < -0.4 is 15.5 Å². The lowest BCUT2D eigenvalue weighted by atomic mass is 9.95. The lowest BCUT2D eigenvalue weighted by Gasteiger charge is -2.33. The van der Waals surface area contributed by atoms with Crippen molar-refractivity contribution in [1.82, 2.24) is 9.78 Å². The maximum atomic E-state index is 13.5. The fraction of sp³-hybridized carbons (Fsp3) is 0.346. The van der Waals surface area contributed by atoms with Crippen molar-refractivity contribution in [2.45, 2.75) is 33.6 Å². The molecule has 2 N–H and O–H groups in total. The van der Waals surface area contributed by atoms with E-state index in [0.29, 0.717) is 37.3 Å². The van der Waals surface area contributed by atoms with Crippen LogP contribution in [0.2, 0.25) is 0 Å². The van der Waals surface area contributed by atoms with Crippen LogP contribution in [0.15, 0.2) is 48.5 Å². The fourth-order valence-corrected chi connectivity index (χ4v) is 4.14. The first-order valence-corrected chi connectivity index (χ1v) is 11.7. The van der Waals surface area contributed by atoms with Crippen molar-refractivity contribution in [2.24, 2.45) is 11.8 Å². The quantitative estimate of drug-likeness (QED) is 0.525. The van der Waals surface area contributed by atoms with Crippen molar-refractivity contribution >= 4 is 29.0 Å². The second kappa shape index (κ2) is 10.2. The number of amides is 2. The second-order valence-electron chi connectivity index (χ2n) is 9.05. The monoisotopic (exact) mass is 481 g/mol. The van der Waals surface area contributed by atoms with Gasteiger partial charge in [0.1, 0.15) is 5.69 Å². The van der Waals surface area contributed by atoms with Gasteiger partial charge in [-0.05, 0) is 44.0 Å². The predicted molar refractivity (Wildman–Crippen MR) is 132 cm³/mol. The van der Waals surface area contributed by atoms with E-state index >= 15 is 0 Å². The van der Waals surface area contributed by atoms with Crippen LogP contribution >= 0.6 is 0 Å². The number of rotatable bonds is 6. The number of hydrogen-bond acceptors (Lipinski definition) is 4. The zero-order valence-electron chi connectivity index (χ0n) is 20.0. The molecule has 9 heteroatoms. The zero-order valence-corrected chi connectivity index (χ0v) is 20.0. The minimum absolute atomic E-state index is 0.0947. The molecular weight excluding hydrogens is 452 g/mol. The first-order chi connectivity index (χ1) is 16.7. The summed E-state index contributed by atoms with van der Waals surface area (Å²) in [6.07, 6.45) is 1.12. The molecule has 35 heavy (non-hydrogen) atoms. The van der Waals surface area contributed by atoms with E-state index in [-0.39, 0.29) is 29.3 Å². The van der Waals surface area contributed by atoms with Crippen molar-refractivity contribution < 1.29 is 18.4 Å². The van der Waals surface area contributed by atoms with Gasteiger partial charge in [0.25, 0.3) is 0 Å². The normalized spacial score (nSPS) is 14.3. The Kier molecular flexibility index (Phi) is 7.14. The van der Waals surface area contributed by atoms with Gasteiger partial charge in [-0.15, -0.1) is 0 Å². The average Bonchev–Trinajstić information content (AvgIpc) is 3.17. The Morgan fingerprint density at radius 2 is 1.69 bits per heavy atom. The number of carbonyl (C=O) groups excluding carboxylic acids is 2. The SMILES string of the molecule is Cc1nn(-c2ccccc2)c(N2CCC(C(=O)Nc3ccc(F)c(F)c3)CC2)c1NC(=O)C(C)C. The average molecular weight is 482 g/mol. The summed E-state index contributed by atoms with van der Waals surface area (Å²) >= 11 is 0. The van der Waals surface area contributed by atoms with Crippen LogP contribution in [0.4, 0.5) is 26.0 Å². The number of aromatic nitrogens is 2. The molecule has 0 bridgehead atoms. The van der Waals surface area contributed by atoms with E-state index in [2.05, 4.69) is 15.5 Å². The Morgan fingerprint density at radius 3 is 2.31 bits per heavy atom. The topological polar surface area (TPSA) is 79.3 Å². The largest absolute Gasteiger partial charge is 0.355 e. The molecule has 1 aliphatic rings. The summed E-state index contributed by atoms with van der Waals surface area (Å²) in [6, 6.07) is 13.0. The molecule has 0 unspecified atom stereocenters. The Hall–Kier alpha value is -3.75. The first-order valence-electron chi connectivity index (χ1n) is 11.7. The Bertz CT molecular complexity index is 1220. The van der Waals surface area contributed by atoms with Gasteiger partial charge >= 0.3 is 0 Å². The molecular formula is C26H29F2N5O2. The van der Waals surface area contributed by atoms with Crippen LogP contribution in [0.5, 0.6) is 0 Å². The van der Waals surface area contributed by atoms with Crippen LogP contribution in [0.25, 0.3) is 5.69 Å². The van der Waals surface area contributed by atoms with Gasteiger partial charge in [-0.3, -0.25) is 9.59 Å². The molecule has 0 aliphatic carbocycles. The Labute approximate surface area is 203 Å². The maximum absolute atomic E-state index is 13.5. The van der Waals surface area contributed by atoms with E-state index in [4.69, 9.17) is 5.10 Å². The minimum Gasteiger partial charge on any atom is -0.355 e. The molecule has 4 rings (SSSR count). The third-order valence-corrected chi connectivity index (χ3v) is 6.16. The lowest BCUT2D eigenvalue weighted by Crippen LogP contribution is -2.39. The highest BCUT2D eigenvalue weighted by Crippen LogP contribution is 2.35. The standard InChI is InChI=1S/C26H29F2N5O2/c1-16(2)24(34)30-23-17(3)31-33(20-7-5-4-6-8-20)26(23)32-13-11-18(12-14-32)25(35)29-19-9-10-21(27)22(28)15-19/h4-10,15-16,18H,11-14H2,1-3H3,(H,29,35)(H,30,34). The third-order valence-electron chi connectivity index (χ3n) is 6.16. The van der Waals surface area contributed by atoms with Gasteiger partial charge in [-0.2, -0.15) is 5.10 Å². The highest BCUT2D eigenvalue weighted by molar-refractivity contribution is 5.96. The summed E-state index contributed by atoms with van der Waals surface area (Å²) in [6.45, 7) is 6.67. The fourth-order valence-electron chi connectivity index (χ4n) is 4.14. The van der Waals surface area contributed by atoms with Crippen LogP contribution in [0.1, 0.15) is 32.4 Å². The van der Waals surface area contributed by atoms with Gasteiger partial charge in [0, 0.05) is 36.7 Å². The van der Waals surface area contributed by atoms with E-state index in [9.17, 15) is 18.4 Å². The van der Waals surface area contributed by atoms with Gasteiger partial charge in [-0.25, -0.2) is 13.5 Å². The second-order valence-corrected chi connectivity index (χ2v) is 9.05. The molecule has 1 aromatic heterocycles. The summed E-state index contributed by atoms with van der Waals surface area (Å²) in [4.78, 5) is 27.4. The summed E-state index contributed by atoms with van der Waals surface area (Å²) in [5, 5.41) is 10.4. The van der Waals surface area contributed by atoms with Gasteiger partial charge in [-0.1, -0.05) is 32.0 Å². The molecule has 2 aromatic carbocycles. The number of anilines is 3. The van der Waals surface area contributed by atoms with Crippen molar-refractivity contribution in [3.8, 4) is 5.69 Å². The van der Waals surface area contributed by atoms with Crippen LogP contribution in [-0.2, 0) is 9.59 Å². The molecule has 3 aromatic rings. The third kappa shape index (κ3) is 5.34. The Morgan fingerprint density at radius 1 is 1.00 bits per heavy atom. The van der Waals surface area contributed by atoms with Crippen molar-refractivity contribution in [1.29, 1.82) is 0 Å².